The Labute approximate surface area is 174 Å². The topological polar surface area (TPSA) is 66.8 Å². The van der Waals surface area contributed by atoms with Crippen molar-refractivity contribution < 1.29 is 13.2 Å². The van der Waals surface area contributed by atoms with E-state index < -0.39 is 10.0 Å². The van der Waals surface area contributed by atoms with Gasteiger partial charge < -0.3 is 14.2 Å². The molecule has 0 amide bonds. The molecule has 2 heterocycles. The smallest absolute Gasteiger partial charge is 0.240 e. The Hall–Kier alpha value is -1.87. The second-order valence-corrected chi connectivity index (χ2v) is 9.61. The summed E-state index contributed by atoms with van der Waals surface area (Å²) in [5.41, 5.74) is 2.73. The first-order chi connectivity index (χ1) is 13.7. The lowest BCUT2D eigenvalue weighted by Gasteiger charge is -2.38. The number of rotatable bonds is 7. The molecular formula is C21H32N4O3S. The van der Waals surface area contributed by atoms with Crippen molar-refractivity contribution >= 4 is 10.0 Å². The van der Waals surface area contributed by atoms with Crippen LogP contribution in [0.15, 0.2) is 35.4 Å². The third-order valence-electron chi connectivity index (χ3n) is 5.72. The first kappa shape index (κ1) is 21.8. The highest BCUT2D eigenvalue weighted by Gasteiger charge is 2.27. The van der Waals surface area contributed by atoms with Crippen molar-refractivity contribution in [1.29, 1.82) is 0 Å². The molecule has 1 aliphatic rings. The molecule has 7 nitrogen and oxygen atoms in total. The normalized spacial score (nSPS) is 17.4. The van der Waals surface area contributed by atoms with Gasteiger partial charge in [0, 0.05) is 51.7 Å². The van der Waals surface area contributed by atoms with Crippen molar-refractivity contribution in [1.82, 2.24) is 19.1 Å². The van der Waals surface area contributed by atoms with Crippen LogP contribution in [0.5, 0.6) is 5.75 Å². The van der Waals surface area contributed by atoms with E-state index in [0.29, 0.717) is 6.54 Å². The summed E-state index contributed by atoms with van der Waals surface area (Å²) in [6, 6.07) is 7.39. The summed E-state index contributed by atoms with van der Waals surface area (Å²) in [5, 5.41) is 0. The quantitative estimate of drug-likeness (QED) is 0.741. The van der Waals surface area contributed by atoms with Gasteiger partial charge in [-0.15, -0.1) is 0 Å². The largest absolute Gasteiger partial charge is 0.496 e. The Morgan fingerprint density at radius 1 is 1.10 bits per heavy atom. The average Bonchev–Trinajstić information content (AvgIpc) is 3.09. The number of nitrogens with one attached hydrogen (secondary N) is 1. The first-order valence-corrected chi connectivity index (χ1v) is 11.4. The van der Waals surface area contributed by atoms with Gasteiger partial charge in [0.25, 0.3) is 0 Å². The zero-order valence-corrected chi connectivity index (χ0v) is 18.8. The molecule has 1 aromatic heterocycles. The summed E-state index contributed by atoms with van der Waals surface area (Å²) in [5.74, 6) is 0.725. The van der Waals surface area contributed by atoms with E-state index in [1.807, 2.05) is 33.2 Å². The van der Waals surface area contributed by atoms with E-state index in [0.717, 1.165) is 48.7 Å². The summed E-state index contributed by atoms with van der Waals surface area (Å²) >= 11 is 0. The van der Waals surface area contributed by atoms with Gasteiger partial charge in [0.05, 0.1) is 18.0 Å². The Bertz CT molecular complexity index is 924. The number of nitrogens with zero attached hydrogens (tertiary/aromatic N) is 3. The molecular weight excluding hydrogens is 388 g/mol. The molecule has 8 heteroatoms. The fourth-order valence-electron chi connectivity index (χ4n) is 4.03. The summed E-state index contributed by atoms with van der Waals surface area (Å²) in [6.07, 6.45) is 2.00. The minimum absolute atomic E-state index is 0.0149. The Morgan fingerprint density at radius 3 is 2.24 bits per heavy atom. The zero-order valence-electron chi connectivity index (χ0n) is 18.0. The molecule has 1 aliphatic heterocycles. The van der Waals surface area contributed by atoms with Gasteiger partial charge in [-0.2, -0.15) is 0 Å². The molecule has 29 heavy (non-hydrogen) atoms. The molecule has 0 aliphatic carbocycles. The summed E-state index contributed by atoms with van der Waals surface area (Å²) in [6.45, 7) is 7.83. The molecule has 1 unspecified atom stereocenters. The Morgan fingerprint density at radius 2 is 1.72 bits per heavy atom. The van der Waals surface area contributed by atoms with Crippen LogP contribution in [0, 0.1) is 13.8 Å². The van der Waals surface area contributed by atoms with E-state index in [1.165, 1.54) is 0 Å². The van der Waals surface area contributed by atoms with Crippen LogP contribution in [0.2, 0.25) is 0 Å². The fraction of sp³-hybridized carbons (Fsp3) is 0.524. The van der Waals surface area contributed by atoms with E-state index in [4.69, 9.17) is 4.74 Å². The van der Waals surface area contributed by atoms with E-state index >= 15 is 0 Å². The predicted octanol–water partition coefficient (Wildman–Crippen LogP) is 1.92. The minimum Gasteiger partial charge on any atom is -0.496 e. The minimum atomic E-state index is -3.63. The first-order valence-electron chi connectivity index (χ1n) is 9.91. The Kier molecular flexibility index (Phi) is 6.68. The van der Waals surface area contributed by atoms with Crippen LogP contribution in [-0.2, 0) is 17.1 Å². The van der Waals surface area contributed by atoms with Crippen molar-refractivity contribution in [2.45, 2.75) is 24.8 Å². The number of ether oxygens (including phenoxy) is 1. The third-order valence-corrected chi connectivity index (χ3v) is 7.12. The summed E-state index contributed by atoms with van der Waals surface area (Å²) in [4.78, 5) is 4.94. The van der Waals surface area contributed by atoms with Crippen LogP contribution < -0.4 is 9.46 Å². The van der Waals surface area contributed by atoms with Gasteiger partial charge in [-0.1, -0.05) is 0 Å². The van der Waals surface area contributed by atoms with E-state index in [2.05, 4.69) is 32.2 Å². The molecule has 1 aromatic carbocycles. The van der Waals surface area contributed by atoms with Gasteiger partial charge in [0.15, 0.2) is 0 Å². The number of hydrogen-bond donors (Lipinski definition) is 1. The molecule has 3 rings (SSSR count). The maximum absolute atomic E-state index is 13.0. The lowest BCUT2D eigenvalue weighted by molar-refractivity contribution is 0.109. The highest BCUT2D eigenvalue weighted by Crippen LogP contribution is 2.27. The van der Waals surface area contributed by atoms with Crippen LogP contribution in [0.4, 0.5) is 0 Å². The number of sulfonamides is 1. The predicted molar refractivity (Wildman–Crippen MR) is 115 cm³/mol. The van der Waals surface area contributed by atoms with Gasteiger partial charge >= 0.3 is 0 Å². The summed E-state index contributed by atoms with van der Waals surface area (Å²) < 4.78 is 36.4. The van der Waals surface area contributed by atoms with Gasteiger partial charge in [0.1, 0.15) is 5.75 Å². The second-order valence-electron chi connectivity index (χ2n) is 7.84. The van der Waals surface area contributed by atoms with Crippen LogP contribution in [0.25, 0.3) is 0 Å². The lowest BCUT2D eigenvalue weighted by Crippen LogP contribution is -2.48. The van der Waals surface area contributed by atoms with Crippen molar-refractivity contribution in [2.75, 3.05) is 46.9 Å². The maximum Gasteiger partial charge on any atom is 0.240 e. The van der Waals surface area contributed by atoms with Gasteiger partial charge in [-0.25, -0.2) is 13.1 Å². The molecule has 1 fully saturated rings. The van der Waals surface area contributed by atoms with Crippen molar-refractivity contribution in [2.24, 2.45) is 7.05 Å². The SMILES string of the molecule is COc1c(C)cc(S(=O)(=O)NCC(c2cccn2C)N2CCN(C)CC2)cc1C. The van der Waals surface area contributed by atoms with Gasteiger partial charge in [-0.3, -0.25) is 4.90 Å². The lowest BCUT2D eigenvalue weighted by atomic mass is 10.1. The zero-order chi connectivity index (χ0) is 21.2. The molecule has 0 radical (unpaired) electrons. The molecule has 2 aromatic rings. The number of piperazine rings is 1. The van der Waals surface area contributed by atoms with E-state index in [-0.39, 0.29) is 10.9 Å². The number of methoxy groups -OCH3 is 1. The highest BCUT2D eigenvalue weighted by atomic mass is 32.2. The van der Waals surface area contributed by atoms with Crippen LogP contribution in [0.3, 0.4) is 0 Å². The van der Waals surface area contributed by atoms with E-state index in [9.17, 15) is 8.42 Å². The van der Waals surface area contributed by atoms with Gasteiger partial charge in [-0.05, 0) is 56.3 Å². The number of hydrogen-bond acceptors (Lipinski definition) is 5. The molecule has 0 saturated carbocycles. The Balaban J connectivity index is 1.82. The monoisotopic (exact) mass is 420 g/mol. The number of aromatic nitrogens is 1. The molecule has 160 valence electrons. The van der Waals surface area contributed by atoms with Crippen LogP contribution in [-0.4, -0.2) is 69.7 Å². The second kappa shape index (κ2) is 8.87. The van der Waals surface area contributed by atoms with Gasteiger partial charge in [0.2, 0.25) is 10.0 Å². The molecule has 1 N–H and O–H groups in total. The standard InChI is InChI=1S/C21H32N4O3S/c1-16-13-18(14-17(2)21(16)28-5)29(26,27)22-15-20(19-7-6-8-24(19)4)25-11-9-23(3)10-12-25/h6-8,13-14,20,22H,9-12,15H2,1-5H3. The summed E-state index contributed by atoms with van der Waals surface area (Å²) in [7, 11) is 2.09. The van der Waals surface area contributed by atoms with Crippen LogP contribution in [0.1, 0.15) is 22.9 Å². The maximum atomic E-state index is 13.0. The highest BCUT2D eigenvalue weighted by molar-refractivity contribution is 7.89. The van der Waals surface area contributed by atoms with Crippen molar-refractivity contribution in [3.63, 3.8) is 0 Å². The molecule has 0 bridgehead atoms. The molecule has 0 spiro atoms. The molecule has 1 saturated heterocycles. The van der Waals surface area contributed by atoms with Crippen molar-refractivity contribution in [3.8, 4) is 5.75 Å². The number of benzene rings is 1. The van der Waals surface area contributed by atoms with Crippen molar-refractivity contribution in [3.05, 3.63) is 47.3 Å². The average molecular weight is 421 g/mol. The van der Waals surface area contributed by atoms with E-state index in [1.54, 1.807) is 19.2 Å². The number of likely N-dealkylation sites (N-methyl/N-ethyl adjacent to an activating group) is 1. The number of aryl methyl sites for hydroxylation is 3. The van der Waals surface area contributed by atoms with Crippen LogP contribution >= 0.6 is 0 Å². The fourth-order valence-corrected chi connectivity index (χ4v) is 5.24. The molecule has 1 atom stereocenters. The third kappa shape index (κ3) is 4.83.